The summed E-state index contributed by atoms with van der Waals surface area (Å²) in [6.07, 6.45) is 2.12. The number of carbonyl (C=O) groups is 1. The van der Waals surface area contributed by atoms with Gasteiger partial charge < -0.3 is 9.73 Å². The Balaban J connectivity index is 0.00000112. The number of halogens is 1. The van der Waals surface area contributed by atoms with Crippen LogP contribution in [0.5, 0.6) is 0 Å². The molecule has 1 aromatic rings. The highest BCUT2D eigenvalue weighted by Crippen LogP contribution is 2.22. The maximum atomic E-state index is 10.7. The van der Waals surface area contributed by atoms with Gasteiger partial charge in [0.05, 0.1) is 6.04 Å². The molecule has 0 radical (unpaired) electrons. The lowest BCUT2D eigenvalue weighted by atomic mass is 10.2. The molecule has 15 heavy (non-hydrogen) atoms. The van der Waals surface area contributed by atoms with Crippen LogP contribution in [0.4, 0.5) is 6.01 Å². The summed E-state index contributed by atoms with van der Waals surface area (Å²) in [5.74, 6) is 0.339. The highest BCUT2D eigenvalue weighted by molar-refractivity contribution is 5.86. The topological polar surface area (TPSA) is 80.0 Å². The number of carbonyl (C=O) groups excluding carboxylic acids is 1. The molecule has 0 bridgehead atoms. The lowest BCUT2D eigenvalue weighted by Crippen LogP contribution is -2.13. The zero-order valence-corrected chi connectivity index (χ0v) is 9.13. The summed E-state index contributed by atoms with van der Waals surface area (Å²) >= 11 is 0. The first kappa shape index (κ1) is 11.9. The molecule has 2 rings (SSSR count). The summed E-state index contributed by atoms with van der Waals surface area (Å²) in [7, 11) is 0. The fourth-order valence-corrected chi connectivity index (χ4v) is 1.47. The van der Waals surface area contributed by atoms with Gasteiger partial charge >= 0.3 is 6.01 Å². The van der Waals surface area contributed by atoms with E-state index < -0.39 is 0 Å². The number of hydrogen-bond donors (Lipinski definition) is 2. The van der Waals surface area contributed by atoms with E-state index in [0.29, 0.717) is 5.89 Å². The molecule has 1 fully saturated rings. The SMILES string of the molecule is CC(=O)Nc1nnc(C2CCCN2)o1.Cl. The van der Waals surface area contributed by atoms with Gasteiger partial charge in [0, 0.05) is 6.92 Å². The van der Waals surface area contributed by atoms with Gasteiger partial charge in [0.25, 0.3) is 0 Å². The van der Waals surface area contributed by atoms with Crippen LogP contribution in [0.15, 0.2) is 4.42 Å². The van der Waals surface area contributed by atoms with Crippen molar-refractivity contribution in [3.05, 3.63) is 5.89 Å². The van der Waals surface area contributed by atoms with Gasteiger partial charge in [0.15, 0.2) is 0 Å². The Morgan fingerprint density at radius 2 is 2.40 bits per heavy atom. The molecule has 1 amide bonds. The zero-order valence-electron chi connectivity index (χ0n) is 8.32. The van der Waals surface area contributed by atoms with E-state index in [1.54, 1.807) is 0 Å². The van der Waals surface area contributed by atoms with Crippen molar-refractivity contribution in [2.24, 2.45) is 0 Å². The average Bonchev–Trinajstić information content (AvgIpc) is 2.69. The standard InChI is InChI=1S/C8H12N4O2.ClH/c1-5(13)10-8-12-11-7(14-8)6-3-2-4-9-6;/h6,9H,2-4H2,1H3,(H,10,12,13);1H. The Morgan fingerprint density at radius 1 is 1.60 bits per heavy atom. The number of nitrogens with zero attached hydrogens (tertiary/aromatic N) is 2. The molecule has 7 heteroatoms. The molecule has 6 nitrogen and oxygen atoms in total. The third-order valence-corrected chi connectivity index (χ3v) is 2.08. The van der Waals surface area contributed by atoms with Crippen LogP contribution in [0.1, 0.15) is 31.7 Å². The maximum Gasteiger partial charge on any atom is 0.322 e. The molecule has 0 saturated carbocycles. The second kappa shape index (κ2) is 5.09. The van der Waals surface area contributed by atoms with E-state index in [4.69, 9.17) is 4.42 Å². The van der Waals surface area contributed by atoms with Crippen molar-refractivity contribution in [1.82, 2.24) is 15.5 Å². The molecule has 0 aromatic carbocycles. The van der Waals surface area contributed by atoms with Crippen LogP contribution in [0.3, 0.4) is 0 Å². The van der Waals surface area contributed by atoms with Crippen LogP contribution in [0, 0.1) is 0 Å². The molecule has 0 spiro atoms. The fourth-order valence-electron chi connectivity index (χ4n) is 1.47. The van der Waals surface area contributed by atoms with E-state index in [1.165, 1.54) is 6.92 Å². The highest BCUT2D eigenvalue weighted by atomic mass is 35.5. The highest BCUT2D eigenvalue weighted by Gasteiger charge is 2.22. The smallest absolute Gasteiger partial charge is 0.322 e. The summed E-state index contributed by atoms with van der Waals surface area (Å²) in [5, 5.41) is 13.2. The quantitative estimate of drug-likeness (QED) is 0.791. The van der Waals surface area contributed by atoms with E-state index in [9.17, 15) is 4.79 Å². The summed E-state index contributed by atoms with van der Waals surface area (Å²) in [4.78, 5) is 10.7. The van der Waals surface area contributed by atoms with E-state index in [-0.39, 0.29) is 30.4 Å². The molecule has 1 saturated heterocycles. The predicted octanol–water partition coefficient (Wildman–Crippen LogP) is 0.874. The third-order valence-electron chi connectivity index (χ3n) is 2.08. The van der Waals surface area contributed by atoms with Gasteiger partial charge in [-0.1, -0.05) is 5.10 Å². The lowest BCUT2D eigenvalue weighted by Gasteiger charge is -2.01. The minimum atomic E-state index is -0.209. The van der Waals surface area contributed by atoms with Gasteiger partial charge in [-0.05, 0) is 19.4 Å². The van der Waals surface area contributed by atoms with E-state index in [0.717, 1.165) is 19.4 Å². The number of amides is 1. The lowest BCUT2D eigenvalue weighted by molar-refractivity contribution is -0.114. The van der Waals surface area contributed by atoms with Gasteiger partial charge in [0.1, 0.15) is 0 Å². The van der Waals surface area contributed by atoms with Crippen molar-refractivity contribution in [3.8, 4) is 0 Å². The fraction of sp³-hybridized carbons (Fsp3) is 0.625. The van der Waals surface area contributed by atoms with E-state index >= 15 is 0 Å². The molecule has 1 unspecified atom stereocenters. The van der Waals surface area contributed by atoms with Gasteiger partial charge in [-0.2, -0.15) is 0 Å². The first-order valence-electron chi connectivity index (χ1n) is 4.60. The molecular formula is C8H13ClN4O2. The minimum Gasteiger partial charge on any atom is -0.406 e. The molecule has 84 valence electrons. The van der Waals surface area contributed by atoms with Crippen LogP contribution in [-0.2, 0) is 4.79 Å². The van der Waals surface area contributed by atoms with E-state index in [2.05, 4.69) is 20.8 Å². The van der Waals surface area contributed by atoms with Crippen LogP contribution in [0.25, 0.3) is 0 Å². The Morgan fingerprint density at radius 3 is 3.00 bits per heavy atom. The first-order chi connectivity index (χ1) is 6.75. The molecular weight excluding hydrogens is 220 g/mol. The van der Waals surface area contributed by atoms with Crippen molar-refractivity contribution < 1.29 is 9.21 Å². The molecule has 1 atom stereocenters. The Hall–Kier alpha value is -1.14. The van der Waals surface area contributed by atoms with Crippen molar-refractivity contribution in [2.75, 3.05) is 11.9 Å². The van der Waals surface area contributed by atoms with Crippen LogP contribution in [0.2, 0.25) is 0 Å². The molecule has 1 aliphatic heterocycles. The number of anilines is 1. The minimum absolute atomic E-state index is 0. The number of aromatic nitrogens is 2. The molecule has 2 N–H and O–H groups in total. The van der Waals surface area contributed by atoms with Gasteiger partial charge in [-0.3, -0.25) is 10.1 Å². The summed E-state index contributed by atoms with van der Waals surface area (Å²) in [6.45, 7) is 2.38. The second-order valence-electron chi connectivity index (χ2n) is 3.28. The van der Waals surface area contributed by atoms with Gasteiger partial charge in [-0.15, -0.1) is 17.5 Å². The van der Waals surface area contributed by atoms with Crippen molar-refractivity contribution in [3.63, 3.8) is 0 Å². The molecule has 1 aromatic heterocycles. The zero-order chi connectivity index (χ0) is 9.97. The summed E-state index contributed by atoms with van der Waals surface area (Å²) < 4.78 is 5.26. The predicted molar refractivity (Wildman–Crippen MR) is 55.8 cm³/mol. The van der Waals surface area contributed by atoms with Crippen LogP contribution >= 0.6 is 12.4 Å². The van der Waals surface area contributed by atoms with Crippen LogP contribution < -0.4 is 10.6 Å². The largest absolute Gasteiger partial charge is 0.406 e. The summed E-state index contributed by atoms with van der Waals surface area (Å²) in [5.41, 5.74) is 0. The number of rotatable bonds is 2. The van der Waals surface area contributed by atoms with Crippen molar-refractivity contribution >= 4 is 24.3 Å². The average molecular weight is 233 g/mol. The number of nitrogens with one attached hydrogen (secondary N) is 2. The van der Waals surface area contributed by atoms with Gasteiger partial charge in [-0.25, -0.2) is 0 Å². The maximum absolute atomic E-state index is 10.7. The van der Waals surface area contributed by atoms with Crippen LogP contribution in [-0.4, -0.2) is 22.6 Å². The Labute approximate surface area is 93.2 Å². The second-order valence-corrected chi connectivity index (χ2v) is 3.28. The Kier molecular flexibility index (Phi) is 4.05. The van der Waals surface area contributed by atoms with Gasteiger partial charge in [0.2, 0.25) is 11.8 Å². The normalized spacial score (nSPS) is 19.7. The van der Waals surface area contributed by atoms with Crippen molar-refractivity contribution in [1.29, 1.82) is 0 Å². The van der Waals surface area contributed by atoms with E-state index in [1.807, 2.05) is 0 Å². The van der Waals surface area contributed by atoms with Crippen molar-refractivity contribution in [2.45, 2.75) is 25.8 Å². The number of hydrogen-bond acceptors (Lipinski definition) is 5. The molecule has 1 aliphatic rings. The molecule has 2 heterocycles. The third kappa shape index (κ3) is 2.90. The monoisotopic (exact) mass is 232 g/mol. The summed E-state index contributed by atoms with van der Waals surface area (Å²) in [6, 6.07) is 0.311. The molecule has 0 aliphatic carbocycles. The Bertz CT molecular complexity index is 335. The first-order valence-corrected chi connectivity index (χ1v) is 4.60.